The first-order valence-electron chi connectivity index (χ1n) is 10.1. The van der Waals surface area contributed by atoms with Crippen LogP contribution in [0.3, 0.4) is 0 Å². The number of sulfonamides is 1. The molecule has 31 heavy (non-hydrogen) atoms. The zero-order valence-electron chi connectivity index (χ0n) is 17.8. The number of phenolic OH excluding ortho intramolecular Hbond substituents is 3. The van der Waals surface area contributed by atoms with Crippen LogP contribution in [0.25, 0.3) is 0 Å². The van der Waals surface area contributed by atoms with Crippen LogP contribution in [0.2, 0.25) is 0 Å². The summed E-state index contributed by atoms with van der Waals surface area (Å²) >= 11 is 0. The highest BCUT2D eigenvalue weighted by molar-refractivity contribution is 7.89. The van der Waals surface area contributed by atoms with Gasteiger partial charge in [-0.15, -0.1) is 0 Å². The Hall–Kier alpha value is -2.78. The van der Waals surface area contributed by atoms with Gasteiger partial charge in [0.1, 0.15) is 0 Å². The maximum atomic E-state index is 12.7. The topological polar surface area (TPSA) is 127 Å². The fourth-order valence-electron chi connectivity index (χ4n) is 3.53. The Morgan fingerprint density at radius 1 is 1.00 bits per heavy atom. The Bertz CT molecular complexity index is 1040. The molecule has 2 aromatic carbocycles. The van der Waals surface area contributed by atoms with Crippen molar-refractivity contribution in [3.63, 3.8) is 0 Å². The van der Waals surface area contributed by atoms with Crippen molar-refractivity contribution in [3.8, 4) is 17.2 Å². The summed E-state index contributed by atoms with van der Waals surface area (Å²) < 4.78 is 28.2. The van der Waals surface area contributed by atoms with E-state index in [2.05, 4.69) is 25.5 Å². The zero-order valence-corrected chi connectivity index (χ0v) is 18.6. The lowest BCUT2D eigenvalue weighted by Gasteiger charge is -2.32. The monoisotopic (exact) mass is 448 g/mol. The minimum absolute atomic E-state index is 0.0470. The van der Waals surface area contributed by atoms with Gasteiger partial charge in [0.25, 0.3) is 5.91 Å². The third-order valence-electron chi connectivity index (χ3n) is 5.45. The smallest absolute Gasteiger partial charge is 0.254 e. The second-order valence-corrected chi connectivity index (χ2v) is 10.5. The van der Waals surface area contributed by atoms with Gasteiger partial charge in [-0.1, -0.05) is 32.9 Å². The molecule has 1 aliphatic rings. The number of piperidine rings is 1. The third kappa shape index (κ3) is 5.11. The lowest BCUT2D eigenvalue weighted by atomic mass is 9.87. The van der Waals surface area contributed by atoms with E-state index in [1.807, 2.05) is 12.1 Å². The van der Waals surface area contributed by atoms with E-state index in [0.717, 1.165) is 17.7 Å². The van der Waals surface area contributed by atoms with Crippen LogP contribution in [-0.4, -0.2) is 53.7 Å². The molecule has 1 fully saturated rings. The van der Waals surface area contributed by atoms with E-state index < -0.39 is 33.2 Å². The molecule has 0 aromatic heterocycles. The molecule has 1 saturated heterocycles. The molecule has 0 radical (unpaired) electrons. The summed E-state index contributed by atoms with van der Waals surface area (Å²) in [5.74, 6) is -2.25. The number of nitrogens with zero attached hydrogens (tertiary/aromatic N) is 1. The van der Waals surface area contributed by atoms with Crippen LogP contribution in [0.15, 0.2) is 41.3 Å². The molecule has 0 saturated carbocycles. The molecular formula is C22H28N2O6S. The molecule has 1 amide bonds. The maximum absolute atomic E-state index is 12.7. The van der Waals surface area contributed by atoms with Gasteiger partial charge in [0.2, 0.25) is 10.0 Å². The lowest BCUT2D eigenvalue weighted by molar-refractivity contribution is 0.0710. The second-order valence-electron chi connectivity index (χ2n) is 8.83. The fourth-order valence-corrected chi connectivity index (χ4v) is 4.84. The number of hydrogen-bond acceptors (Lipinski definition) is 6. The summed E-state index contributed by atoms with van der Waals surface area (Å²) in [6.45, 7) is 6.81. The van der Waals surface area contributed by atoms with E-state index in [9.17, 15) is 28.5 Å². The summed E-state index contributed by atoms with van der Waals surface area (Å²) in [5, 5.41) is 28.6. The van der Waals surface area contributed by atoms with Crippen molar-refractivity contribution in [3.05, 3.63) is 47.5 Å². The SMILES string of the molecule is CC(C)(C)c1ccc(S(=O)(=O)NC2CCN(C(=O)c3cc(O)c(O)c(O)c3)CC2)cc1. The van der Waals surface area contributed by atoms with Crippen molar-refractivity contribution < 1.29 is 28.5 Å². The fraction of sp³-hybridized carbons (Fsp3) is 0.409. The van der Waals surface area contributed by atoms with Crippen LogP contribution in [-0.2, 0) is 15.4 Å². The first-order chi connectivity index (χ1) is 14.4. The molecule has 8 nitrogen and oxygen atoms in total. The van der Waals surface area contributed by atoms with Gasteiger partial charge in [-0.2, -0.15) is 0 Å². The van der Waals surface area contributed by atoms with Gasteiger partial charge in [-0.3, -0.25) is 4.79 Å². The van der Waals surface area contributed by atoms with Crippen LogP contribution >= 0.6 is 0 Å². The Morgan fingerprint density at radius 2 is 1.52 bits per heavy atom. The third-order valence-corrected chi connectivity index (χ3v) is 6.99. The summed E-state index contributed by atoms with van der Waals surface area (Å²) in [5.41, 5.74) is 1.02. The number of likely N-dealkylation sites (tertiary alicyclic amines) is 1. The minimum Gasteiger partial charge on any atom is -0.504 e. The predicted molar refractivity (Wildman–Crippen MR) is 116 cm³/mol. The molecule has 9 heteroatoms. The molecule has 1 heterocycles. The number of amides is 1. The molecule has 0 bridgehead atoms. The van der Waals surface area contributed by atoms with Crippen molar-refractivity contribution >= 4 is 15.9 Å². The van der Waals surface area contributed by atoms with E-state index >= 15 is 0 Å². The highest BCUT2D eigenvalue weighted by Crippen LogP contribution is 2.36. The van der Waals surface area contributed by atoms with Crippen molar-refractivity contribution in [2.24, 2.45) is 0 Å². The summed E-state index contributed by atoms with van der Waals surface area (Å²) in [6.07, 6.45) is 0.863. The second kappa shape index (κ2) is 8.39. The Kier molecular flexibility index (Phi) is 6.20. The van der Waals surface area contributed by atoms with Gasteiger partial charge in [-0.05, 0) is 48.1 Å². The van der Waals surface area contributed by atoms with Crippen LogP contribution in [0.1, 0.15) is 49.5 Å². The van der Waals surface area contributed by atoms with Crippen LogP contribution < -0.4 is 4.72 Å². The molecule has 168 valence electrons. The number of aromatic hydroxyl groups is 3. The Balaban J connectivity index is 1.62. The average molecular weight is 449 g/mol. The average Bonchev–Trinajstić information content (AvgIpc) is 2.71. The molecule has 3 rings (SSSR count). The molecule has 2 aromatic rings. The number of hydrogen-bond donors (Lipinski definition) is 4. The van der Waals surface area contributed by atoms with Gasteiger partial charge in [0.15, 0.2) is 17.2 Å². The van der Waals surface area contributed by atoms with Gasteiger partial charge in [0, 0.05) is 24.7 Å². The Labute approximate surface area is 182 Å². The van der Waals surface area contributed by atoms with Crippen molar-refractivity contribution in [1.82, 2.24) is 9.62 Å². The quantitative estimate of drug-likeness (QED) is 0.533. The molecular weight excluding hydrogens is 420 g/mol. The highest BCUT2D eigenvalue weighted by Gasteiger charge is 2.28. The minimum atomic E-state index is -3.68. The molecule has 4 N–H and O–H groups in total. The summed E-state index contributed by atoms with van der Waals surface area (Å²) in [6, 6.07) is 8.71. The number of nitrogens with one attached hydrogen (secondary N) is 1. The number of phenols is 3. The predicted octanol–water partition coefficient (Wildman–Crippen LogP) is 2.68. The number of rotatable bonds is 4. The van der Waals surface area contributed by atoms with Crippen LogP contribution in [0.5, 0.6) is 17.2 Å². The Morgan fingerprint density at radius 3 is 2.00 bits per heavy atom. The van der Waals surface area contributed by atoms with E-state index in [1.54, 1.807) is 12.1 Å². The summed E-state index contributed by atoms with van der Waals surface area (Å²) in [7, 11) is -3.68. The standard InChI is InChI=1S/C22H28N2O6S/c1-22(2,3)15-4-6-17(7-5-15)31(29,30)23-16-8-10-24(11-9-16)21(28)14-12-18(25)20(27)19(26)13-14/h4-7,12-13,16,23,25-27H,8-11H2,1-3H3. The lowest BCUT2D eigenvalue weighted by Crippen LogP contribution is -2.46. The molecule has 0 unspecified atom stereocenters. The first kappa shape index (κ1) is 22.9. The summed E-state index contributed by atoms with van der Waals surface area (Å²) in [4.78, 5) is 14.3. The zero-order chi connectivity index (χ0) is 23.0. The van der Waals surface area contributed by atoms with Crippen molar-refractivity contribution in [1.29, 1.82) is 0 Å². The number of carbonyl (C=O) groups is 1. The molecule has 0 spiro atoms. The maximum Gasteiger partial charge on any atom is 0.254 e. The van der Waals surface area contributed by atoms with E-state index in [4.69, 9.17) is 0 Å². The molecule has 0 aliphatic carbocycles. The van der Waals surface area contributed by atoms with E-state index in [0.29, 0.717) is 25.9 Å². The van der Waals surface area contributed by atoms with Gasteiger partial charge in [-0.25, -0.2) is 13.1 Å². The van der Waals surface area contributed by atoms with Gasteiger partial charge in [0.05, 0.1) is 4.90 Å². The largest absolute Gasteiger partial charge is 0.504 e. The van der Waals surface area contributed by atoms with Crippen LogP contribution in [0.4, 0.5) is 0 Å². The number of carbonyl (C=O) groups excluding carboxylic acids is 1. The number of benzene rings is 2. The highest BCUT2D eigenvalue weighted by atomic mass is 32.2. The molecule has 0 atom stereocenters. The van der Waals surface area contributed by atoms with E-state index in [-0.39, 0.29) is 21.9 Å². The van der Waals surface area contributed by atoms with Gasteiger partial charge < -0.3 is 20.2 Å². The molecule has 1 aliphatic heterocycles. The van der Waals surface area contributed by atoms with Crippen molar-refractivity contribution in [2.75, 3.05) is 13.1 Å². The van der Waals surface area contributed by atoms with E-state index in [1.165, 1.54) is 4.90 Å². The van der Waals surface area contributed by atoms with Crippen molar-refractivity contribution in [2.45, 2.75) is 50.0 Å². The normalized spacial score (nSPS) is 15.8. The van der Waals surface area contributed by atoms with Crippen LogP contribution in [0, 0.1) is 0 Å². The first-order valence-corrected chi connectivity index (χ1v) is 11.5. The van der Waals surface area contributed by atoms with Gasteiger partial charge >= 0.3 is 0 Å².